The van der Waals surface area contributed by atoms with Crippen molar-refractivity contribution in [3.8, 4) is 11.5 Å². The van der Waals surface area contributed by atoms with E-state index in [9.17, 15) is 21.6 Å². The molecule has 0 aromatic heterocycles. The van der Waals surface area contributed by atoms with Crippen LogP contribution in [0.3, 0.4) is 0 Å². The number of carbonyl (C=O) groups excluding carboxylic acids is 1. The number of carbonyl (C=O) groups is 1. The Kier molecular flexibility index (Phi) is 7.71. The number of ether oxygens (including phenoxy) is 2. The summed E-state index contributed by atoms with van der Waals surface area (Å²) in [5, 5.41) is 0. The maximum atomic E-state index is 13.1. The highest BCUT2D eigenvalue weighted by Gasteiger charge is 2.31. The van der Waals surface area contributed by atoms with Gasteiger partial charge in [0, 0.05) is 37.4 Å². The molecule has 0 atom stereocenters. The molecule has 1 aliphatic rings. The Bertz CT molecular complexity index is 1470. The van der Waals surface area contributed by atoms with Gasteiger partial charge in [-0.05, 0) is 66.7 Å². The van der Waals surface area contributed by atoms with E-state index in [1.54, 1.807) is 36.4 Å². The first-order valence-corrected chi connectivity index (χ1v) is 14.3. The fourth-order valence-corrected chi connectivity index (χ4v) is 6.41. The van der Waals surface area contributed by atoms with E-state index in [1.807, 2.05) is 0 Å². The van der Waals surface area contributed by atoms with Crippen LogP contribution >= 0.6 is 0 Å². The third-order valence-electron chi connectivity index (χ3n) is 5.96. The number of rotatable bonds is 8. The first-order valence-electron chi connectivity index (χ1n) is 11.3. The highest BCUT2D eigenvalue weighted by atomic mass is 32.2. The molecule has 1 saturated heterocycles. The molecule has 1 fully saturated rings. The molecule has 1 aliphatic heterocycles. The lowest BCUT2D eigenvalue weighted by atomic mass is 10.2. The largest absolute Gasteiger partial charge is 0.497 e. The highest BCUT2D eigenvalue weighted by molar-refractivity contribution is 7.92. The van der Waals surface area contributed by atoms with E-state index in [0.717, 1.165) is 0 Å². The van der Waals surface area contributed by atoms with Crippen molar-refractivity contribution in [2.45, 2.75) is 9.79 Å². The fourth-order valence-electron chi connectivity index (χ4n) is 3.88. The van der Waals surface area contributed by atoms with Gasteiger partial charge in [-0.3, -0.25) is 9.52 Å². The molecule has 196 valence electrons. The summed E-state index contributed by atoms with van der Waals surface area (Å²) in [6, 6.07) is 18.3. The van der Waals surface area contributed by atoms with Crippen molar-refractivity contribution in [1.82, 2.24) is 9.21 Å². The molecule has 1 heterocycles. The molecule has 0 unspecified atom stereocenters. The topological polar surface area (TPSA) is 122 Å². The number of benzene rings is 3. The van der Waals surface area contributed by atoms with E-state index < -0.39 is 20.0 Å². The minimum absolute atomic E-state index is 0.0603. The first kappa shape index (κ1) is 26.5. The number of sulfonamides is 2. The summed E-state index contributed by atoms with van der Waals surface area (Å²) < 4.78 is 65.7. The van der Waals surface area contributed by atoms with Crippen molar-refractivity contribution in [3.63, 3.8) is 0 Å². The zero-order chi connectivity index (χ0) is 26.6. The van der Waals surface area contributed by atoms with E-state index in [2.05, 4.69) is 4.72 Å². The number of methoxy groups -OCH3 is 2. The number of nitrogens with one attached hydrogen (secondary N) is 1. The van der Waals surface area contributed by atoms with Crippen LogP contribution in [0.15, 0.2) is 82.6 Å². The molecule has 12 heteroatoms. The zero-order valence-electron chi connectivity index (χ0n) is 20.3. The average molecular weight is 546 g/mol. The maximum absolute atomic E-state index is 13.1. The van der Waals surface area contributed by atoms with Crippen LogP contribution in [0, 0.1) is 0 Å². The highest BCUT2D eigenvalue weighted by Crippen LogP contribution is 2.23. The Morgan fingerprint density at radius 1 is 0.757 bits per heavy atom. The Hall–Kier alpha value is -3.61. The van der Waals surface area contributed by atoms with E-state index in [-0.39, 0.29) is 47.4 Å². The van der Waals surface area contributed by atoms with Crippen molar-refractivity contribution in [1.29, 1.82) is 0 Å². The van der Waals surface area contributed by atoms with Gasteiger partial charge in [-0.15, -0.1) is 0 Å². The lowest BCUT2D eigenvalue weighted by Crippen LogP contribution is -2.50. The molecular weight excluding hydrogens is 518 g/mol. The van der Waals surface area contributed by atoms with Crippen LogP contribution in [0.5, 0.6) is 11.5 Å². The van der Waals surface area contributed by atoms with Gasteiger partial charge < -0.3 is 14.4 Å². The van der Waals surface area contributed by atoms with Crippen LogP contribution in [0.25, 0.3) is 0 Å². The number of hydrogen-bond acceptors (Lipinski definition) is 7. The monoisotopic (exact) mass is 545 g/mol. The smallest absolute Gasteiger partial charge is 0.261 e. The molecule has 0 spiro atoms. The quantitative estimate of drug-likeness (QED) is 0.462. The number of nitrogens with zero attached hydrogens (tertiary/aromatic N) is 2. The molecule has 4 rings (SSSR count). The molecule has 0 saturated carbocycles. The number of anilines is 1. The van der Waals surface area contributed by atoms with Gasteiger partial charge >= 0.3 is 0 Å². The summed E-state index contributed by atoms with van der Waals surface area (Å²) in [5.41, 5.74) is 0.552. The summed E-state index contributed by atoms with van der Waals surface area (Å²) in [5.74, 6) is 0.772. The van der Waals surface area contributed by atoms with Gasteiger partial charge in [-0.2, -0.15) is 4.31 Å². The molecule has 1 amide bonds. The van der Waals surface area contributed by atoms with E-state index >= 15 is 0 Å². The Balaban J connectivity index is 1.43. The van der Waals surface area contributed by atoms with E-state index in [1.165, 1.54) is 59.8 Å². The Morgan fingerprint density at radius 2 is 1.32 bits per heavy atom. The van der Waals surface area contributed by atoms with Gasteiger partial charge in [-0.25, -0.2) is 16.8 Å². The van der Waals surface area contributed by atoms with Crippen molar-refractivity contribution in [2.75, 3.05) is 45.1 Å². The third-order valence-corrected chi connectivity index (χ3v) is 9.25. The predicted molar refractivity (Wildman–Crippen MR) is 138 cm³/mol. The molecular formula is C25H27N3O7S2. The molecule has 1 N–H and O–H groups in total. The van der Waals surface area contributed by atoms with Crippen molar-refractivity contribution < 1.29 is 31.1 Å². The predicted octanol–water partition coefficient (Wildman–Crippen LogP) is 2.65. The van der Waals surface area contributed by atoms with Crippen LogP contribution in [-0.4, -0.2) is 72.3 Å². The standard InChI is InChI=1S/C25H27N3O7S2/c1-34-21-8-6-20(7-9-21)26-36(30,31)24-5-3-4-19(18-24)25(29)27-14-16-28(17-15-27)37(32,33)23-12-10-22(35-2)11-13-23/h3-13,18,26H,14-17H2,1-2H3. The van der Waals surface area contributed by atoms with Crippen LogP contribution < -0.4 is 14.2 Å². The molecule has 10 nitrogen and oxygen atoms in total. The molecule has 37 heavy (non-hydrogen) atoms. The summed E-state index contributed by atoms with van der Waals surface area (Å²) in [4.78, 5) is 14.7. The third kappa shape index (κ3) is 5.87. The van der Waals surface area contributed by atoms with Gasteiger partial charge in [0.2, 0.25) is 10.0 Å². The molecule has 3 aromatic carbocycles. The van der Waals surface area contributed by atoms with Gasteiger partial charge in [0.15, 0.2) is 0 Å². The van der Waals surface area contributed by atoms with E-state index in [0.29, 0.717) is 17.2 Å². The normalized spacial score (nSPS) is 14.7. The first-order chi connectivity index (χ1) is 17.6. The van der Waals surface area contributed by atoms with Crippen LogP contribution in [-0.2, 0) is 20.0 Å². The second-order valence-electron chi connectivity index (χ2n) is 8.23. The molecule has 3 aromatic rings. The fraction of sp³-hybridized carbons (Fsp3) is 0.240. The molecule has 0 radical (unpaired) electrons. The summed E-state index contributed by atoms with van der Waals surface area (Å²) >= 11 is 0. The lowest BCUT2D eigenvalue weighted by molar-refractivity contribution is 0.0697. The minimum atomic E-state index is -3.94. The Labute approximate surface area is 216 Å². The molecule has 0 bridgehead atoms. The molecule has 0 aliphatic carbocycles. The van der Waals surface area contributed by atoms with Crippen molar-refractivity contribution >= 4 is 31.6 Å². The summed E-state index contributed by atoms with van der Waals surface area (Å²) in [6.45, 7) is 0.596. The Morgan fingerprint density at radius 3 is 1.89 bits per heavy atom. The van der Waals surface area contributed by atoms with Crippen LogP contribution in [0.2, 0.25) is 0 Å². The second kappa shape index (κ2) is 10.8. The van der Waals surface area contributed by atoms with Crippen LogP contribution in [0.1, 0.15) is 10.4 Å². The van der Waals surface area contributed by atoms with Crippen LogP contribution in [0.4, 0.5) is 5.69 Å². The minimum Gasteiger partial charge on any atom is -0.497 e. The average Bonchev–Trinajstić information content (AvgIpc) is 2.93. The second-order valence-corrected chi connectivity index (χ2v) is 11.9. The van der Waals surface area contributed by atoms with Gasteiger partial charge in [0.1, 0.15) is 11.5 Å². The zero-order valence-corrected chi connectivity index (χ0v) is 22.0. The SMILES string of the molecule is COc1ccc(NS(=O)(=O)c2cccc(C(=O)N3CCN(S(=O)(=O)c4ccc(OC)cc4)CC3)c2)cc1. The van der Waals surface area contributed by atoms with Crippen molar-refractivity contribution in [2.24, 2.45) is 0 Å². The van der Waals surface area contributed by atoms with Gasteiger partial charge in [-0.1, -0.05) is 6.07 Å². The van der Waals surface area contributed by atoms with Gasteiger partial charge in [0.25, 0.3) is 15.9 Å². The number of amides is 1. The van der Waals surface area contributed by atoms with Gasteiger partial charge in [0.05, 0.1) is 24.0 Å². The number of hydrogen-bond donors (Lipinski definition) is 1. The van der Waals surface area contributed by atoms with E-state index in [4.69, 9.17) is 9.47 Å². The summed E-state index contributed by atoms with van der Waals surface area (Å²) in [6.07, 6.45) is 0. The summed E-state index contributed by atoms with van der Waals surface area (Å²) in [7, 11) is -4.64. The van der Waals surface area contributed by atoms with Crippen molar-refractivity contribution in [3.05, 3.63) is 78.4 Å². The lowest BCUT2D eigenvalue weighted by Gasteiger charge is -2.34. The maximum Gasteiger partial charge on any atom is 0.261 e. The number of piperazine rings is 1.